The first-order valence-electron chi connectivity index (χ1n) is 2.90. The zero-order valence-corrected chi connectivity index (χ0v) is 11.1. The van der Waals surface area contributed by atoms with Gasteiger partial charge in [0.05, 0.1) is 0 Å². The van der Waals surface area contributed by atoms with Gasteiger partial charge in [-0.3, -0.25) is 0 Å². The molecule has 0 spiro atoms. The first-order valence-corrected chi connectivity index (χ1v) is 12.3. The molecule has 0 bridgehead atoms. The van der Waals surface area contributed by atoms with Crippen LogP contribution in [0.2, 0.25) is 0 Å². The van der Waals surface area contributed by atoms with Crippen LogP contribution in [0.15, 0.2) is 0 Å². The van der Waals surface area contributed by atoms with Gasteiger partial charge in [-0.25, -0.2) is 0 Å². The van der Waals surface area contributed by atoms with Gasteiger partial charge in [0.2, 0.25) is 0 Å². The fraction of sp³-hybridized carbons (Fsp3) is 1.00. The molecule has 0 saturated heterocycles. The molecule has 0 aliphatic rings. The number of alkyl halides is 2. The Bertz CT molecular complexity index is 92.1. The molecule has 0 aromatic carbocycles. The fourth-order valence-electron chi connectivity index (χ4n) is 0.356. The van der Waals surface area contributed by atoms with E-state index < -0.39 is 18.8 Å². The van der Waals surface area contributed by atoms with E-state index in [1.165, 1.54) is 0 Å². The van der Waals surface area contributed by atoms with Gasteiger partial charge in [-0.1, -0.05) is 0 Å². The van der Waals surface area contributed by atoms with Crippen molar-refractivity contribution < 1.29 is 24.4 Å². The van der Waals surface area contributed by atoms with Gasteiger partial charge in [0.15, 0.2) is 0 Å². The molecule has 7 heteroatoms. The Hall–Kier alpha value is 1.96. The van der Waals surface area contributed by atoms with Crippen LogP contribution in [-0.2, 0) is 24.4 Å². The van der Waals surface area contributed by atoms with Gasteiger partial charge in [0.25, 0.3) is 0 Å². The van der Waals surface area contributed by atoms with Crippen molar-refractivity contribution in [3.05, 3.63) is 0 Å². The SMILES string of the molecule is ClCC[O][Zr]([Cl])([Cl])[O]CCCl. The summed E-state index contributed by atoms with van der Waals surface area (Å²) in [5.41, 5.74) is 0. The van der Waals surface area contributed by atoms with Gasteiger partial charge in [-0.15, -0.1) is 0 Å². The molecule has 0 amide bonds. The Labute approximate surface area is 88.8 Å². The van der Waals surface area contributed by atoms with Gasteiger partial charge < -0.3 is 0 Å². The molecule has 0 unspecified atom stereocenters. The minimum atomic E-state index is -3.66. The Kier molecular flexibility index (Phi) is 8.69. The van der Waals surface area contributed by atoms with Crippen LogP contribution in [0, 0.1) is 0 Å². The van der Waals surface area contributed by atoms with Gasteiger partial charge >= 0.3 is 89.6 Å². The zero-order valence-electron chi connectivity index (χ0n) is 5.66. The quantitative estimate of drug-likeness (QED) is 0.701. The van der Waals surface area contributed by atoms with Crippen LogP contribution in [0.4, 0.5) is 0 Å². The summed E-state index contributed by atoms with van der Waals surface area (Å²) in [5, 5.41) is 0. The molecule has 0 heterocycles. The van der Waals surface area contributed by atoms with Gasteiger partial charge in [0.1, 0.15) is 0 Å². The molecule has 0 rings (SSSR count). The molecular weight excluding hydrogens is 313 g/mol. The predicted octanol–water partition coefficient (Wildman–Crippen LogP) is 2.79. The van der Waals surface area contributed by atoms with Gasteiger partial charge in [-0.2, -0.15) is 0 Å². The number of halogens is 4. The Morgan fingerprint density at radius 3 is 1.55 bits per heavy atom. The molecule has 0 saturated carbocycles. The Morgan fingerprint density at radius 1 is 0.909 bits per heavy atom. The van der Waals surface area contributed by atoms with Crippen LogP contribution < -0.4 is 0 Å². The number of rotatable bonds is 6. The van der Waals surface area contributed by atoms with E-state index in [-0.39, 0.29) is 0 Å². The first-order chi connectivity index (χ1) is 5.12. The summed E-state index contributed by atoms with van der Waals surface area (Å²) in [6, 6.07) is 0. The monoisotopic (exact) mass is 318 g/mol. The second-order valence-corrected chi connectivity index (χ2v) is 13.0. The van der Waals surface area contributed by atoms with Crippen molar-refractivity contribution in [2.45, 2.75) is 0 Å². The average molecular weight is 321 g/mol. The maximum absolute atomic E-state index is 5.71. The molecule has 0 fully saturated rings. The molecule has 11 heavy (non-hydrogen) atoms. The average Bonchev–Trinajstić information content (AvgIpc) is 1.97. The van der Waals surface area contributed by atoms with Gasteiger partial charge in [0, 0.05) is 0 Å². The zero-order chi connectivity index (χ0) is 8.74. The van der Waals surface area contributed by atoms with Crippen LogP contribution in [0.1, 0.15) is 0 Å². The molecule has 0 aliphatic heterocycles. The van der Waals surface area contributed by atoms with Crippen molar-refractivity contribution in [2.24, 2.45) is 0 Å². The fourth-order valence-corrected chi connectivity index (χ4v) is 4.85. The molecule has 0 aromatic rings. The standard InChI is InChI=1S/2C2H4ClO.2ClH.Zr/c2*3-1-2-4;;;/h2*1-2H2;2*1H;/q2*-1;;;+4/p-2. The summed E-state index contributed by atoms with van der Waals surface area (Å²) in [5.74, 6) is 0.727. The third kappa shape index (κ3) is 8.30. The van der Waals surface area contributed by atoms with Crippen LogP contribution in [0.5, 0.6) is 0 Å². The maximum atomic E-state index is 5.71. The number of hydrogen-bond donors (Lipinski definition) is 0. The summed E-state index contributed by atoms with van der Waals surface area (Å²) in [6.45, 7) is 0.653. The Balaban J connectivity index is 3.43. The predicted molar refractivity (Wildman–Crippen MR) is 45.1 cm³/mol. The van der Waals surface area contributed by atoms with Crippen molar-refractivity contribution >= 4 is 40.2 Å². The van der Waals surface area contributed by atoms with E-state index >= 15 is 0 Å². The van der Waals surface area contributed by atoms with Crippen LogP contribution >= 0.6 is 40.2 Å². The second kappa shape index (κ2) is 7.37. The van der Waals surface area contributed by atoms with Crippen LogP contribution in [-0.4, -0.2) is 25.0 Å². The topological polar surface area (TPSA) is 18.5 Å². The van der Waals surface area contributed by atoms with E-state index in [2.05, 4.69) is 0 Å². The Morgan fingerprint density at radius 2 is 1.27 bits per heavy atom. The third-order valence-electron chi connectivity index (χ3n) is 0.694. The summed E-state index contributed by atoms with van der Waals surface area (Å²) in [4.78, 5) is 0. The first kappa shape index (κ1) is 13.0. The molecule has 0 atom stereocenters. The summed E-state index contributed by atoms with van der Waals surface area (Å²) < 4.78 is 10.0. The van der Waals surface area contributed by atoms with E-state index in [1.807, 2.05) is 0 Å². The van der Waals surface area contributed by atoms with Crippen molar-refractivity contribution in [2.75, 3.05) is 25.0 Å². The summed E-state index contributed by atoms with van der Waals surface area (Å²) in [7, 11) is 11.4. The number of hydrogen-bond acceptors (Lipinski definition) is 2. The molecular formula is C4H8Cl4O2Zr. The van der Waals surface area contributed by atoms with Crippen molar-refractivity contribution in [1.29, 1.82) is 0 Å². The second-order valence-electron chi connectivity index (χ2n) is 1.54. The van der Waals surface area contributed by atoms with E-state index in [4.69, 9.17) is 45.9 Å². The van der Waals surface area contributed by atoms with Crippen molar-refractivity contribution in [3.8, 4) is 0 Å². The van der Waals surface area contributed by atoms with Crippen molar-refractivity contribution in [1.82, 2.24) is 0 Å². The van der Waals surface area contributed by atoms with Crippen LogP contribution in [0.3, 0.4) is 0 Å². The third-order valence-corrected chi connectivity index (χ3v) is 6.24. The summed E-state index contributed by atoms with van der Waals surface area (Å²) >= 11 is 7.04. The molecule has 2 nitrogen and oxygen atoms in total. The van der Waals surface area contributed by atoms with E-state index in [0.29, 0.717) is 25.0 Å². The van der Waals surface area contributed by atoms with Crippen LogP contribution in [0.25, 0.3) is 0 Å². The van der Waals surface area contributed by atoms with E-state index in [1.54, 1.807) is 0 Å². The normalized spacial score (nSPS) is 12.0. The minimum absolute atomic E-state index is 0.326. The molecule has 68 valence electrons. The molecule has 0 aliphatic carbocycles. The van der Waals surface area contributed by atoms with E-state index in [9.17, 15) is 0 Å². The summed E-state index contributed by atoms with van der Waals surface area (Å²) in [6.07, 6.45) is 0. The molecule has 0 N–H and O–H groups in total. The van der Waals surface area contributed by atoms with E-state index in [0.717, 1.165) is 0 Å². The molecule has 0 radical (unpaired) electrons. The van der Waals surface area contributed by atoms with Gasteiger partial charge in [-0.05, 0) is 0 Å². The van der Waals surface area contributed by atoms with Crippen molar-refractivity contribution in [3.63, 3.8) is 0 Å². The molecule has 0 aromatic heterocycles.